The SMILES string of the molecule is Brc1cccc([N]Cc2ccccc2)c1. The molecule has 0 N–H and O–H groups in total. The molecule has 0 bridgehead atoms. The maximum atomic E-state index is 4.51. The van der Waals surface area contributed by atoms with Crippen LogP contribution in [0.5, 0.6) is 0 Å². The van der Waals surface area contributed by atoms with Crippen molar-refractivity contribution in [2.24, 2.45) is 0 Å². The van der Waals surface area contributed by atoms with Crippen LogP contribution in [0.2, 0.25) is 0 Å². The van der Waals surface area contributed by atoms with Crippen molar-refractivity contribution in [3.8, 4) is 0 Å². The molecule has 0 saturated carbocycles. The van der Waals surface area contributed by atoms with Crippen LogP contribution in [0.3, 0.4) is 0 Å². The summed E-state index contributed by atoms with van der Waals surface area (Å²) in [5.41, 5.74) is 2.24. The Morgan fingerprint density at radius 1 is 0.933 bits per heavy atom. The van der Waals surface area contributed by atoms with Gasteiger partial charge >= 0.3 is 0 Å². The van der Waals surface area contributed by atoms with Crippen LogP contribution < -0.4 is 5.32 Å². The van der Waals surface area contributed by atoms with Crippen LogP contribution in [0.1, 0.15) is 5.56 Å². The fraction of sp³-hybridized carbons (Fsp3) is 0.0769. The Bertz CT molecular complexity index is 426. The Kier molecular flexibility index (Phi) is 3.41. The lowest BCUT2D eigenvalue weighted by atomic mass is 10.2. The number of rotatable bonds is 3. The van der Waals surface area contributed by atoms with Gasteiger partial charge in [-0.15, -0.1) is 0 Å². The predicted molar refractivity (Wildman–Crippen MR) is 66.1 cm³/mol. The van der Waals surface area contributed by atoms with E-state index in [-0.39, 0.29) is 0 Å². The third-order valence-corrected chi connectivity index (χ3v) is 2.59. The molecule has 0 fully saturated rings. The Hall–Kier alpha value is -1.28. The van der Waals surface area contributed by atoms with Gasteiger partial charge in [-0.05, 0) is 23.8 Å². The molecule has 1 nitrogen and oxygen atoms in total. The van der Waals surface area contributed by atoms with Gasteiger partial charge in [-0.1, -0.05) is 52.3 Å². The van der Waals surface area contributed by atoms with Crippen molar-refractivity contribution < 1.29 is 0 Å². The molecule has 0 saturated heterocycles. The molecule has 0 atom stereocenters. The smallest absolute Gasteiger partial charge is 0.0646 e. The molecule has 2 rings (SSSR count). The highest BCUT2D eigenvalue weighted by Crippen LogP contribution is 2.16. The van der Waals surface area contributed by atoms with Gasteiger partial charge in [0.1, 0.15) is 0 Å². The minimum Gasteiger partial charge on any atom is -0.281 e. The Morgan fingerprint density at radius 3 is 2.47 bits per heavy atom. The Morgan fingerprint density at radius 2 is 1.73 bits per heavy atom. The summed E-state index contributed by atoms with van der Waals surface area (Å²) in [6.45, 7) is 0.733. The summed E-state index contributed by atoms with van der Waals surface area (Å²) in [6.07, 6.45) is 0. The van der Waals surface area contributed by atoms with Crippen molar-refractivity contribution in [1.82, 2.24) is 5.32 Å². The number of halogens is 1. The summed E-state index contributed by atoms with van der Waals surface area (Å²) >= 11 is 3.43. The molecule has 0 aliphatic carbocycles. The topological polar surface area (TPSA) is 14.1 Å². The van der Waals surface area contributed by atoms with Crippen LogP contribution in [0.15, 0.2) is 59.1 Å². The second-order valence-corrected chi connectivity index (χ2v) is 4.20. The van der Waals surface area contributed by atoms with Crippen LogP contribution in [-0.4, -0.2) is 0 Å². The summed E-state index contributed by atoms with van der Waals surface area (Å²) in [7, 11) is 0. The van der Waals surface area contributed by atoms with Gasteiger partial charge in [-0.3, -0.25) is 5.32 Å². The van der Waals surface area contributed by atoms with Crippen LogP contribution in [0.4, 0.5) is 5.69 Å². The Balaban J connectivity index is 1.99. The molecule has 0 aliphatic heterocycles. The first kappa shape index (κ1) is 10.2. The first-order valence-corrected chi connectivity index (χ1v) is 5.61. The maximum Gasteiger partial charge on any atom is 0.0646 e. The van der Waals surface area contributed by atoms with E-state index >= 15 is 0 Å². The molecule has 0 aromatic heterocycles. The monoisotopic (exact) mass is 260 g/mol. The summed E-state index contributed by atoms with van der Waals surface area (Å²) in [6, 6.07) is 18.3. The number of nitrogens with zero attached hydrogens (tertiary/aromatic N) is 1. The highest BCUT2D eigenvalue weighted by atomic mass is 79.9. The summed E-state index contributed by atoms with van der Waals surface area (Å²) in [4.78, 5) is 0. The second-order valence-electron chi connectivity index (χ2n) is 3.28. The van der Waals surface area contributed by atoms with Crippen molar-refractivity contribution in [3.63, 3.8) is 0 Å². The zero-order chi connectivity index (χ0) is 10.5. The van der Waals surface area contributed by atoms with E-state index in [0.29, 0.717) is 0 Å². The van der Waals surface area contributed by atoms with Gasteiger partial charge < -0.3 is 0 Å². The van der Waals surface area contributed by atoms with E-state index in [4.69, 9.17) is 0 Å². The summed E-state index contributed by atoms with van der Waals surface area (Å²) < 4.78 is 1.07. The molecule has 15 heavy (non-hydrogen) atoms. The van der Waals surface area contributed by atoms with Gasteiger partial charge in [-0.2, -0.15) is 0 Å². The van der Waals surface area contributed by atoms with Crippen LogP contribution in [0.25, 0.3) is 0 Å². The van der Waals surface area contributed by atoms with E-state index < -0.39 is 0 Å². The van der Waals surface area contributed by atoms with Gasteiger partial charge in [0.15, 0.2) is 0 Å². The average molecular weight is 261 g/mol. The molecule has 1 radical (unpaired) electrons. The molecule has 0 amide bonds. The Labute approximate surface area is 98.3 Å². The normalized spacial score (nSPS) is 9.93. The van der Waals surface area contributed by atoms with E-state index in [1.54, 1.807) is 0 Å². The van der Waals surface area contributed by atoms with Crippen LogP contribution in [-0.2, 0) is 6.54 Å². The lowest BCUT2D eigenvalue weighted by Crippen LogP contribution is -1.97. The second kappa shape index (κ2) is 4.99. The summed E-state index contributed by atoms with van der Waals surface area (Å²) in [5.74, 6) is 0. The van der Waals surface area contributed by atoms with E-state index in [2.05, 4.69) is 33.4 Å². The number of benzene rings is 2. The summed E-state index contributed by atoms with van der Waals surface area (Å²) in [5, 5.41) is 4.51. The van der Waals surface area contributed by atoms with Gasteiger partial charge in [0.05, 0.1) is 12.2 Å². The average Bonchev–Trinajstić information content (AvgIpc) is 2.28. The molecular formula is C13H11BrN. The number of hydrogen-bond acceptors (Lipinski definition) is 0. The van der Waals surface area contributed by atoms with Crippen molar-refractivity contribution in [2.75, 3.05) is 0 Å². The molecular weight excluding hydrogens is 250 g/mol. The fourth-order valence-corrected chi connectivity index (χ4v) is 1.73. The van der Waals surface area contributed by atoms with Gasteiger partial charge in [0, 0.05) is 4.47 Å². The van der Waals surface area contributed by atoms with E-state index in [0.717, 1.165) is 16.7 Å². The molecule has 0 aliphatic rings. The van der Waals surface area contributed by atoms with E-state index in [1.807, 2.05) is 42.5 Å². The van der Waals surface area contributed by atoms with E-state index in [9.17, 15) is 0 Å². The molecule has 0 unspecified atom stereocenters. The standard InChI is InChI=1S/C13H11BrN/c14-12-7-4-8-13(9-12)15-10-11-5-2-1-3-6-11/h1-9H,10H2. The zero-order valence-corrected chi connectivity index (χ0v) is 9.81. The van der Waals surface area contributed by atoms with Gasteiger partial charge in [0.25, 0.3) is 0 Å². The molecule has 2 aromatic rings. The van der Waals surface area contributed by atoms with Gasteiger partial charge in [0.2, 0.25) is 0 Å². The largest absolute Gasteiger partial charge is 0.281 e. The fourth-order valence-electron chi connectivity index (χ4n) is 1.34. The zero-order valence-electron chi connectivity index (χ0n) is 8.23. The third kappa shape index (κ3) is 3.10. The van der Waals surface area contributed by atoms with Crippen LogP contribution >= 0.6 is 15.9 Å². The first-order chi connectivity index (χ1) is 7.34. The molecule has 2 heteroatoms. The molecule has 0 spiro atoms. The lowest BCUT2D eigenvalue weighted by Gasteiger charge is -2.03. The lowest BCUT2D eigenvalue weighted by molar-refractivity contribution is 0.863. The van der Waals surface area contributed by atoms with Gasteiger partial charge in [-0.25, -0.2) is 0 Å². The minimum atomic E-state index is 0.733. The van der Waals surface area contributed by atoms with Crippen molar-refractivity contribution in [2.45, 2.75) is 6.54 Å². The van der Waals surface area contributed by atoms with E-state index in [1.165, 1.54) is 5.56 Å². The number of hydrogen-bond donors (Lipinski definition) is 0. The maximum absolute atomic E-state index is 4.51. The van der Waals surface area contributed by atoms with Crippen molar-refractivity contribution in [3.05, 3.63) is 64.6 Å². The van der Waals surface area contributed by atoms with Crippen molar-refractivity contribution in [1.29, 1.82) is 0 Å². The quantitative estimate of drug-likeness (QED) is 0.795. The van der Waals surface area contributed by atoms with Crippen molar-refractivity contribution >= 4 is 21.6 Å². The molecule has 0 heterocycles. The molecule has 75 valence electrons. The highest BCUT2D eigenvalue weighted by Gasteiger charge is 1.95. The third-order valence-electron chi connectivity index (χ3n) is 2.10. The predicted octanol–water partition coefficient (Wildman–Crippen LogP) is 3.89. The first-order valence-electron chi connectivity index (χ1n) is 4.81. The molecule has 2 aromatic carbocycles. The van der Waals surface area contributed by atoms with Crippen LogP contribution in [0, 0.1) is 0 Å². The highest BCUT2D eigenvalue weighted by molar-refractivity contribution is 9.10. The minimum absolute atomic E-state index is 0.733.